The number of benzene rings is 2. The highest BCUT2D eigenvalue weighted by molar-refractivity contribution is 5.99. The molecule has 0 atom stereocenters. The zero-order chi connectivity index (χ0) is 19.6. The zero-order valence-electron chi connectivity index (χ0n) is 15.7. The van der Waals surface area contributed by atoms with Gasteiger partial charge in [-0.2, -0.15) is 5.10 Å². The molecule has 0 aliphatic rings. The Morgan fingerprint density at radius 2 is 1.70 bits per heavy atom. The number of nitrogens with one attached hydrogen (secondary N) is 2. The maximum absolute atomic E-state index is 11.9. The minimum atomic E-state index is -0.236. The van der Waals surface area contributed by atoms with Crippen LogP contribution in [0.3, 0.4) is 0 Å². The van der Waals surface area contributed by atoms with E-state index in [2.05, 4.69) is 15.8 Å². The van der Waals surface area contributed by atoms with Crippen molar-refractivity contribution in [1.29, 1.82) is 0 Å². The largest absolute Gasteiger partial charge is 0.484 e. The molecule has 142 valence electrons. The number of nitrogens with zero attached hydrogens (tertiary/aromatic N) is 2. The Labute approximate surface area is 159 Å². The van der Waals surface area contributed by atoms with Gasteiger partial charge in [-0.15, -0.1) is 0 Å². The van der Waals surface area contributed by atoms with Gasteiger partial charge >= 0.3 is 0 Å². The standard InChI is InChI=1S/C20H24N4O3/c1-15(22-23-19(25)13-21-17-7-5-4-6-8-17)16-9-11-18(12-10-16)27-14-20(26)24(2)3/h4-12,21H,13-14H2,1-3H3,(H,23,25)/b22-15+. The summed E-state index contributed by atoms with van der Waals surface area (Å²) >= 11 is 0. The van der Waals surface area contributed by atoms with Crippen LogP contribution in [-0.4, -0.2) is 49.7 Å². The molecule has 0 aromatic heterocycles. The Balaban J connectivity index is 1.82. The van der Waals surface area contributed by atoms with E-state index in [0.717, 1.165) is 11.3 Å². The van der Waals surface area contributed by atoms with E-state index < -0.39 is 0 Å². The van der Waals surface area contributed by atoms with Gasteiger partial charge in [0.15, 0.2) is 6.61 Å². The number of amides is 2. The van der Waals surface area contributed by atoms with Crippen molar-refractivity contribution in [2.75, 3.05) is 32.6 Å². The molecule has 2 N–H and O–H groups in total. The van der Waals surface area contributed by atoms with Crippen molar-refractivity contribution in [2.45, 2.75) is 6.92 Å². The molecule has 0 unspecified atom stereocenters. The van der Waals surface area contributed by atoms with Gasteiger partial charge in [0.25, 0.3) is 11.8 Å². The smallest absolute Gasteiger partial charge is 0.259 e. The van der Waals surface area contributed by atoms with Crippen LogP contribution in [0.1, 0.15) is 12.5 Å². The molecule has 7 nitrogen and oxygen atoms in total. The number of likely N-dealkylation sites (N-methyl/N-ethyl adjacent to an activating group) is 1. The van der Waals surface area contributed by atoms with Gasteiger partial charge in [-0.1, -0.05) is 18.2 Å². The highest BCUT2D eigenvalue weighted by Crippen LogP contribution is 2.13. The van der Waals surface area contributed by atoms with Gasteiger partial charge in [-0.05, 0) is 48.9 Å². The number of para-hydroxylation sites is 1. The first kappa shape index (κ1) is 20.0. The molecular weight excluding hydrogens is 344 g/mol. The average molecular weight is 368 g/mol. The van der Waals surface area contributed by atoms with Gasteiger partial charge in [0.05, 0.1) is 12.3 Å². The van der Waals surface area contributed by atoms with Gasteiger partial charge in [-0.25, -0.2) is 5.43 Å². The molecule has 2 aromatic rings. The molecular formula is C20H24N4O3. The highest BCUT2D eigenvalue weighted by Gasteiger charge is 2.06. The maximum Gasteiger partial charge on any atom is 0.259 e. The third kappa shape index (κ3) is 6.81. The molecule has 2 amide bonds. The topological polar surface area (TPSA) is 83.0 Å². The molecule has 2 rings (SSSR count). The minimum absolute atomic E-state index is 0.0100. The van der Waals surface area contributed by atoms with E-state index in [-0.39, 0.29) is 25.0 Å². The Hall–Kier alpha value is -3.35. The molecule has 0 radical (unpaired) electrons. The summed E-state index contributed by atoms with van der Waals surface area (Å²) in [4.78, 5) is 24.9. The Morgan fingerprint density at radius 1 is 1.04 bits per heavy atom. The predicted molar refractivity (Wildman–Crippen MR) is 106 cm³/mol. The molecule has 7 heteroatoms. The van der Waals surface area contributed by atoms with E-state index in [1.165, 1.54) is 4.90 Å². The number of carbonyl (C=O) groups is 2. The first-order valence-corrected chi connectivity index (χ1v) is 8.51. The fourth-order valence-electron chi connectivity index (χ4n) is 2.06. The fourth-order valence-corrected chi connectivity index (χ4v) is 2.06. The number of hydrogen-bond acceptors (Lipinski definition) is 5. The second-order valence-corrected chi connectivity index (χ2v) is 6.05. The lowest BCUT2D eigenvalue weighted by Crippen LogP contribution is -2.27. The monoisotopic (exact) mass is 368 g/mol. The summed E-state index contributed by atoms with van der Waals surface area (Å²) in [5, 5.41) is 7.13. The Kier molecular flexibility index (Phi) is 7.37. The van der Waals surface area contributed by atoms with Crippen LogP contribution >= 0.6 is 0 Å². The number of anilines is 1. The van der Waals surface area contributed by atoms with Crippen LogP contribution < -0.4 is 15.5 Å². The van der Waals surface area contributed by atoms with Crippen molar-refractivity contribution < 1.29 is 14.3 Å². The molecule has 0 bridgehead atoms. The lowest BCUT2D eigenvalue weighted by atomic mass is 10.1. The Morgan fingerprint density at radius 3 is 2.33 bits per heavy atom. The molecule has 0 saturated carbocycles. The minimum Gasteiger partial charge on any atom is -0.484 e. The van der Waals surface area contributed by atoms with E-state index in [1.54, 1.807) is 33.2 Å². The molecule has 0 heterocycles. The van der Waals surface area contributed by atoms with E-state index in [0.29, 0.717) is 11.5 Å². The van der Waals surface area contributed by atoms with Crippen LogP contribution in [0.4, 0.5) is 5.69 Å². The van der Waals surface area contributed by atoms with Crippen molar-refractivity contribution in [3.63, 3.8) is 0 Å². The van der Waals surface area contributed by atoms with Crippen LogP contribution in [0.2, 0.25) is 0 Å². The average Bonchev–Trinajstić information content (AvgIpc) is 2.69. The summed E-state index contributed by atoms with van der Waals surface area (Å²) < 4.78 is 5.43. The fraction of sp³-hybridized carbons (Fsp3) is 0.250. The van der Waals surface area contributed by atoms with Crippen LogP contribution in [0.15, 0.2) is 59.7 Å². The summed E-state index contributed by atoms with van der Waals surface area (Å²) in [6.45, 7) is 1.92. The van der Waals surface area contributed by atoms with E-state index in [4.69, 9.17) is 4.74 Å². The number of ether oxygens (including phenoxy) is 1. The summed E-state index contributed by atoms with van der Waals surface area (Å²) in [5.74, 6) is 0.252. The molecule has 0 spiro atoms. The van der Waals surface area contributed by atoms with Gasteiger partial charge in [0, 0.05) is 19.8 Å². The van der Waals surface area contributed by atoms with Crippen molar-refractivity contribution >= 4 is 23.2 Å². The van der Waals surface area contributed by atoms with Crippen LogP contribution in [0, 0.1) is 0 Å². The lowest BCUT2D eigenvalue weighted by Gasteiger charge is -2.11. The molecule has 27 heavy (non-hydrogen) atoms. The van der Waals surface area contributed by atoms with Crippen molar-refractivity contribution in [1.82, 2.24) is 10.3 Å². The first-order chi connectivity index (χ1) is 13.0. The summed E-state index contributed by atoms with van der Waals surface area (Å²) in [5.41, 5.74) is 4.91. The molecule has 0 fully saturated rings. The van der Waals surface area contributed by atoms with E-state index in [9.17, 15) is 9.59 Å². The van der Waals surface area contributed by atoms with Crippen molar-refractivity contribution in [3.05, 3.63) is 60.2 Å². The predicted octanol–water partition coefficient (Wildman–Crippen LogP) is 2.11. The molecule has 0 aliphatic carbocycles. The first-order valence-electron chi connectivity index (χ1n) is 8.51. The number of hydrogen-bond donors (Lipinski definition) is 2. The van der Waals surface area contributed by atoms with Gasteiger partial charge in [0.1, 0.15) is 5.75 Å². The second-order valence-electron chi connectivity index (χ2n) is 6.05. The summed E-state index contributed by atoms with van der Waals surface area (Å²) in [6.07, 6.45) is 0. The Bertz CT molecular complexity index is 787. The van der Waals surface area contributed by atoms with Crippen LogP contribution in [-0.2, 0) is 9.59 Å². The molecule has 2 aromatic carbocycles. The number of rotatable bonds is 8. The van der Waals surface area contributed by atoms with Gasteiger partial charge in [-0.3, -0.25) is 9.59 Å². The highest BCUT2D eigenvalue weighted by atomic mass is 16.5. The van der Waals surface area contributed by atoms with Crippen molar-refractivity contribution in [3.8, 4) is 5.75 Å². The van der Waals surface area contributed by atoms with E-state index in [1.807, 2.05) is 42.5 Å². The summed E-state index contributed by atoms with van der Waals surface area (Å²) in [7, 11) is 3.36. The number of hydrazone groups is 1. The third-order valence-corrected chi connectivity index (χ3v) is 3.71. The normalized spacial score (nSPS) is 10.9. The lowest BCUT2D eigenvalue weighted by molar-refractivity contribution is -0.130. The SMILES string of the molecule is C/C(=N\NC(=O)CNc1ccccc1)c1ccc(OCC(=O)N(C)C)cc1. The van der Waals surface area contributed by atoms with Crippen LogP contribution in [0.25, 0.3) is 0 Å². The third-order valence-electron chi connectivity index (χ3n) is 3.71. The van der Waals surface area contributed by atoms with Gasteiger partial charge < -0.3 is 15.0 Å². The zero-order valence-corrected chi connectivity index (χ0v) is 15.7. The quantitative estimate of drug-likeness (QED) is 0.552. The maximum atomic E-state index is 11.9. The van der Waals surface area contributed by atoms with Crippen LogP contribution in [0.5, 0.6) is 5.75 Å². The van der Waals surface area contributed by atoms with Gasteiger partial charge in [0.2, 0.25) is 0 Å². The summed E-state index contributed by atoms with van der Waals surface area (Å²) in [6, 6.07) is 16.6. The van der Waals surface area contributed by atoms with Crippen molar-refractivity contribution in [2.24, 2.45) is 5.10 Å². The second kappa shape index (κ2) is 9.96. The van der Waals surface area contributed by atoms with E-state index >= 15 is 0 Å². The molecule has 0 aliphatic heterocycles. The number of carbonyl (C=O) groups excluding carboxylic acids is 2. The molecule has 0 saturated heterocycles.